The van der Waals surface area contributed by atoms with Crippen molar-refractivity contribution < 1.29 is 14.3 Å². The minimum atomic E-state index is -0.402. The first-order chi connectivity index (χ1) is 10.9. The third-order valence-electron chi connectivity index (χ3n) is 3.29. The lowest BCUT2D eigenvalue weighted by atomic mass is 10.1. The topological polar surface area (TPSA) is 73.2 Å². The van der Waals surface area contributed by atoms with Crippen LogP contribution in [-0.4, -0.2) is 28.3 Å². The third-order valence-corrected chi connectivity index (χ3v) is 4.82. The Morgan fingerprint density at radius 1 is 1.43 bits per heavy atom. The second-order valence-corrected chi connectivity index (χ2v) is 7.07. The Bertz CT molecular complexity index is 724. The van der Waals surface area contributed by atoms with E-state index < -0.39 is 5.97 Å². The molecule has 2 rings (SSSR count). The first-order valence-electron chi connectivity index (χ1n) is 7.17. The van der Waals surface area contributed by atoms with Gasteiger partial charge in [-0.15, -0.1) is 11.3 Å². The first-order valence-corrected chi connectivity index (χ1v) is 8.78. The monoisotopic (exact) mass is 399 g/mol. The molecule has 0 unspecified atom stereocenters. The minimum Gasteiger partial charge on any atom is -0.462 e. The number of carbonyl (C=O) groups excluding carboxylic acids is 2. The quantitative estimate of drug-likeness (QED) is 0.753. The number of anilines is 1. The van der Waals surface area contributed by atoms with Crippen LogP contribution in [0.25, 0.3) is 0 Å². The van der Waals surface area contributed by atoms with E-state index in [1.165, 1.54) is 11.3 Å². The summed E-state index contributed by atoms with van der Waals surface area (Å²) in [4.78, 5) is 25.2. The molecule has 0 atom stereocenters. The van der Waals surface area contributed by atoms with Crippen molar-refractivity contribution in [3.8, 4) is 0 Å². The predicted octanol–water partition coefficient (Wildman–Crippen LogP) is 3.53. The van der Waals surface area contributed by atoms with Crippen LogP contribution < -0.4 is 5.32 Å². The van der Waals surface area contributed by atoms with Crippen molar-refractivity contribution in [2.24, 2.45) is 0 Å². The zero-order valence-corrected chi connectivity index (χ0v) is 15.6. The number of aromatic nitrogens is 2. The highest BCUT2D eigenvalue weighted by molar-refractivity contribution is 9.10. The zero-order chi connectivity index (χ0) is 17.0. The molecule has 0 aliphatic rings. The van der Waals surface area contributed by atoms with Crippen molar-refractivity contribution in [1.29, 1.82) is 0 Å². The Morgan fingerprint density at radius 3 is 2.78 bits per heavy atom. The van der Waals surface area contributed by atoms with Crippen molar-refractivity contribution in [1.82, 2.24) is 9.78 Å². The number of esters is 1. The summed E-state index contributed by atoms with van der Waals surface area (Å²) in [6.07, 6.45) is 3.74. The van der Waals surface area contributed by atoms with E-state index in [-0.39, 0.29) is 12.3 Å². The van der Waals surface area contributed by atoms with Gasteiger partial charge in [-0.1, -0.05) is 0 Å². The van der Waals surface area contributed by atoms with Gasteiger partial charge in [0.25, 0.3) is 0 Å². The van der Waals surface area contributed by atoms with Crippen LogP contribution in [0.3, 0.4) is 0 Å². The maximum absolute atomic E-state index is 12.1. The van der Waals surface area contributed by atoms with Gasteiger partial charge >= 0.3 is 5.97 Å². The molecule has 2 heterocycles. The van der Waals surface area contributed by atoms with Crippen LogP contribution in [0.4, 0.5) is 5.00 Å². The molecule has 0 fully saturated rings. The molecular formula is C15H18BrN3O3S. The van der Waals surface area contributed by atoms with Gasteiger partial charge < -0.3 is 10.1 Å². The molecule has 0 spiro atoms. The number of hydrogen-bond acceptors (Lipinski definition) is 5. The number of amides is 1. The maximum atomic E-state index is 12.1. The summed E-state index contributed by atoms with van der Waals surface area (Å²) < 4.78 is 7.62. The van der Waals surface area contributed by atoms with Gasteiger partial charge in [0.15, 0.2) is 0 Å². The molecular weight excluding hydrogens is 382 g/mol. The summed E-state index contributed by atoms with van der Waals surface area (Å²) in [6.45, 7) is 6.30. The smallest absolute Gasteiger partial charge is 0.341 e. The first kappa shape index (κ1) is 17.7. The number of thiophene rings is 1. The number of aryl methyl sites for hydroxylation is 2. The molecule has 6 nitrogen and oxygen atoms in total. The molecule has 0 aliphatic heterocycles. The maximum Gasteiger partial charge on any atom is 0.341 e. The highest BCUT2D eigenvalue weighted by Crippen LogP contribution is 2.33. The van der Waals surface area contributed by atoms with Crippen LogP contribution in [-0.2, 0) is 16.1 Å². The molecule has 0 saturated carbocycles. The van der Waals surface area contributed by atoms with Crippen LogP contribution >= 0.6 is 27.3 Å². The molecule has 23 heavy (non-hydrogen) atoms. The zero-order valence-electron chi connectivity index (χ0n) is 13.2. The molecule has 0 bridgehead atoms. The number of rotatable bonds is 6. The Morgan fingerprint density at radius 2 is 2.17 bits per heavy atom. The molecule has 8 heteroatoms. The van der Waals surface area contributed by atoms with E-state index in [1.807, 2.05) is 13.8 Å². The number of nitrogens with zero attached hydrogens (tertiary/aromatic N) is 2. The van der Waals surface area contributed by atoms with Crippen LogP contribution in [0.2, 0.25) is 0 Å². The molecule has 0 aromatic carbocycles. The Labute approximate surface area is 147 Å². The summed E-state index contributed by atoms with van der Waals surface area (Å²) in [7, 11) is 0. The van der Waals surface area contributed by atoms with Gasteiger partial charge in [-0.2, -0.15) is 5.10 Å². The van der Waals surface area contributed by atoms with Gasteiger partial charge in [0.2, 0.25) is 5.91 Å². The standard InChI is InChI=1S/C15H18BrN3O3S/c1-4-22-15(21)13-9(2)10(3)23-14(13)18-12(20)5-6-19-8-11(16)7-17-19/h7-8H,4-6H2,1-3H3,(H,18,20). The van der Waals surface area contributed by atoms with Crippen molar-refractivity contribution >= 4 is 44.1 Å². The predicted molar refractivity (Wildman–Crippen MR) is 92.9 cm³/mol. The molecule has 0 radical (unpaired) electrons. The second kappa shape index (κ2) is 7.74. The summed E-state index contributed by atoms with van der Waals surface area (Å²) in [5.41, 5.74) is 1.30. The highest BCUT2D eigenvalue weighted by atomic mass is 79.9. The van der Waals surface area contributed by atoms with Gasteiger partial charge in [0.1, 0.15) is 5.00 Å². The number of halogens is 1. The lowest BCUT2D eigenvalue weighted by Gasteiger charge is -2.07. The minimum absolute atomic E-state index is 0.163. The molecule has 2 aromatic rings. The van der Waals surface area contributed by atoms with Gasteiger partial charge in [-0.25, -0.2) is 4.79 Å². The fourth-order valence-corrected chi connectivity index (χ4v) is 3.42. The summed E-state index contributed by atoms with van der Waals surface area (Å²) >= 11 is 4.70. The lowest BCUT2D eigenvalue weighted by molar-refractivity contribution is -0.116. The van der Waals surface area contributed by atoms with E-state index in [1.54, 1.807) is 24.0 Å². The van der Waals surface area contributed by atoms with Gasteiger partial charge in [-0.05, 0) is 42.3 Å². The Kier molecular flexibility index (Phi) is 5.95. The largest absolute Gasteiger partial charge is 0.462 e. The lowest BCUT2D eigenvalue weighted by Crippen LogP contribution is -2.16. The van der Waals surface area contributed by atoms with Crippen LogP contribution in [0.1, 0.15) is 34.1 Å². The number of hydrogen-bond donors (Lipinski definition) is 1. The molecule has 1 N–H and O–H groups in total. The van der Waals surface area contributed by atoms with Crippen LogP contribution in [0, 0.1) is 13.8 Å². The second-order valence-electron chi connectivity index (χ2n) is 4.93. The Balaban J connectivity index is 2.05. The van der Waals surface area contributed by atoms with E-state index in [0.29, 0.717) is 23.7 Å². The molecule has 2 aromatic heterocycles. The number of ether oxygens (including phenoxy) is 1. The van der Waals surface area contributed by atoms with Crippen molar-refractivity contribution in [2.75, 3.05) is 11.9 Å². The SMILES string of the molecule is CCOC(=O)c1c(NC(=O)CCn2cc(Br)cn2)sc(C)c1C. The summed E-state index contributed by atoms with van der Waals surface area (Å²) in [5, 5.41) is 7.46. The van der Waals surface area contributed by atoms with Crippen molar-refractivity contribution in [3.05, 3.63) is 32.9 Å². The highest BCUT2D eigenvalue weighted by Gasteiger charge is 2.21. The molecule has 0 saturated heterocycles. The molecule has 1 amide bonds. The summed E-state index contributed by atoms with van der Waals surface area (Å²) in [6, 6.07) is 0. The van der Waals surface area contributed by atoms with E-state index in [2.05, 4.69) is 26.3 Å². The van der Waals surface area contributed by atoms with Crippen LogP contribution in [0.15, 0.2) is 16.9 Å². The fourth-order valence-electron chi connectivity index (χ4n) is 2.03. The van der Waals surface area contributed by atoms with Crippen molar-refractivity contribution in [2.45, 2.75) is 33.7 Å². The van der Waals surface area contributed by atoms with Crippen LogP contribution in [0.5, 0.6) is 0 Å². The van der Waals surface area contributed by atoms with E-state index in [4.69, 9.17) is 4.74 Å². The molecule has 0 aliphatic carbocycles. The normalized spacial score (nSPS) is 10.6. The molecule has 124 valence electrons. The average Bonchev–Trinajstić information content (AvgIpc) is 3.01. The van der Waals surface area contributed by atoms with E-state index in [9.17, 15) is 9.59 Å². The van der Waals surface area contributed by atoms with Gasteiger partial charge in [0, 0.05) is 24.0 Å². The Hall–Kier alpha value is -1.67. The van der Waals surface area contributed by atoms with Gasteiger partial charge in [-0.3, -0.25) is 9.48 Å². The number of carbonyl (C=O) groups is 2. The third kappa shape index (κ3) is 4.42. The van der Waals surface area contributed by atoms with E-state index in [0.717, 1.165) is 14.9 Å². The van der Waals surface area contributed by atoms with Crippen molar-refractivity contribution in [3.63, 3.8) is 0 Å². The number of nitrogens with one attached hydrogen (secondary N) is 1. The van der Waals surface area contributed by atoms with E-state index >= 15 is 0 Å². The summed E-state index contributed by atoms with van der Waals surface area (Å²) in [5.74, 6) is -0.566. The average molecular weight is 400 g/mol. The van der Waals surface area contributed by atoms with Gasteiger partial charge in [0.05, 0.1) is 22.8 Å². The fraction of sp³-hybridized carbons (Fsp3) is 0.400.